The molecule has 1 rings (SSSR count). The van der Waals surface area contributed by atoms with Gasteiger partial charge in [-0.25, -0.2) is 4.18 Å². The molecule has 1 aliphatic heterocycles. The van der Waals surface area contributed by atoms with Crippen molar-refractivity contribution < 1.29 is 57.0 Å². The Morgan fingerprint density at radius 2 is 1.17 bits per heavy atom. The van der Waals surface area contributed by atoms with E-state index in [9.17, 15) is 43.3 Å². The van der Waals surface area contributed by atoms with E-state index in [0.29, 0.717) is 12.8 Å². The van der Waals surface area contributed by atoms with Crippen LogP contribution in [-0.4, -0.2) is 107 Å². The smallest absolute Gasteiger partial charge is 0.394 e. The number of ether oxygens (including phenoxy) is 2. The fraction of sp³-hybridized carbons (Fsp3) is 0.761. The normalized spacial score (nSPS) is 21.9. The summed E-state index contributed by atoms with van der Waals surface area (Å²) in [4.78, 5) is 13.1. The third kappa shape index (κ3) is 28.4. The summed E-state index contributed by atoms with van der Waals surface area (Å²) in [6.07, 6.45) is 33.0. The number of allylic oxidation sites excluding steroid dienone is 9. The average Bonchev–Trinajstić information content (AvgIpc) is 3.22. The summed E-state index contributed by atoms with van der Waals surface area (Å²) in [5, 5.41) is 55.1. The van der Waals surface area contributed by atoms with Gasteiger partial charge in [0.2, 0.25) is 5.91 Å². The zero-order chi connectivity index (χ0) is 44.3. The molecule has 1 saturated heterocycles. The predicted octanol–water partition coefficient (Wildman–Crippen LogP) is 7.63. The molecule has 1 aliphatic rings. The molecule has 1 fully saturated rings. The molecule has 0 aromatic rings. The fourth-order valence-electron chi connectivity index (χ4n) is 6.72. The first-order valence-corrected chi connectivity index (χ1v) is 24.2. The zero-order valence-electron chi connectivity index (χ0n) is 36.6. The van der Waals surface area contributed by atoms with Gasteiger partial charge in [0.15, 0.2) is 6.29 Å². The van der Waals surface area contributed by atoms with Crippen molar-refractivity contribution in [1.82, 2.24) is 5.32 Å². The predicted molar refractivity (Wildman–Crippen MR) is 237 cm³/mol. The molecule has 0 aliphatic carbocycles. The van der Waals surface area contributed by atoms with Gasteiger partial charge in [-0.15, -0.1) is 0 Å². The van der Waals surface area contributed by atoms with Gasteiger partial charge in [-0.1, -0.05) is 152 Å². The van der Waals surface area contributed by atoms with Gasteiger partial charge in [-0.2, -0.15) is 8.42 Å². The number of aliphatic hydroxyl groups is 5. The van der Waals surface area contributed by atoms with Crippen molar-refractivity contribution >= 4 is 16.3 Å². The molecule has 0 bridgehead atoms. The van der Waals surface area contributed by atoms with E-state index in [4.69, 9.17) is 9.47 Å². The molecule has 348 valence electrons. The van der Waals surface area contributed by atoms with Crippen molar-refractivity contribution in [2.24, 2.45) is 0 Å². The van der Waals surface area contributed by atoms with Gasteiger partial charge in [-0.3, -0.25) is 9.35 Å². The Morgan fingerprint density at radius 1 is 0.683 bits per heavy atom. The molecule has 1 amide bonds. The minimum absolute atomic E-state index is 0.213. The number of rotatable bonds is 37. The summed E-state index contributed by atoms with van der Waals surface area (Å²) in [7, 11) is -5.13. The molecule has 8 unspecified atom stereocenters. The van der Waals surface area contributed by atoms with Gasteiger partial charge < -0.3 is 40.3 Å². The Morgan fingerprint density at radius 3 is 1.73 bits per heavy atom. The summed E-state index contributed by atoms with van der Waals surface area (Å²) in [5.41, 5.74) is 0. The van der Waals surface area contributed by atoms with Crippen LogP contribution >= 0.6 is 0 Å². The second-order valence-corrected chi connectivity index (χ2v) is 16.8. The van der Waals surface area contributed by atoms with E-state index < -0.39 is 78.5 Å². The Bertz CT molecular complexity index is 1320. The van der Waals surface area contributed by atoms with Crippen LogP contribution in [0.15, 0.2) is 60.8 Å². The molecule has 1 heterocycles. The second-order valence-electron chi connectivity index (χ2n) is 15.8. The number of amides is 1. The Labute approximate surface area is 362 Å². The highest BCUT2D eigenvalue weighted by Gasteiger charge is 2.48. The summed E-state index contributed by atoms with van der Waals surface area (Å²) >= 11 is 0. The first-order chi connectivity index (χ1) is 28.9. The number of carbonyl (C=O) groups excluding carboxylic acids is 1. The van der Waals surface area contributed by atoms with Gasteiger partial charge in [0.1, 0.15) is 30.5 Å². The lowest BCUT2D eigenvalue weighted by Crippen LogP contribution is -2.61. The number of nitrogens with one attached hydrogen (secondary N) is 1. The Balaban J connectivity index is 2.67. The second kappa shape index (κ2) is 36.3. The Hall–Kier alpha value is -2.24. The van der Waals surface area contributed by atoms with Crippen LogP contribution in [-0.2, 0) is 28.9 Å². The van der Waals surface area contributed by atoms with E-state index >= 15 is 0 Å². The van der Waals surface area contributed by atoms with Gasteiger partial charge >= 0.3 is 10.4 Å². The molecular weight excluding hydrogens is 791 g/mol. The molecule has 0 radical (unpaired) electrons. The number of hydrogen-bond donors (Lipinski definition) is 7. The molecule has 0 saturated carbocycles. The summed E-state index contributed by atoms with van der Waals surface area (Å²) < 4.78 is 47.4. The van der Waals surface area contributed by atoms with Crippen LogP contribution in [0.2, 0.25) is 0 Å². The molecule has 8 atom stereocenters. The van der Waals surface area contributed by atoms with Crippen molar-refractivity contribution in [2.75, 3.05) is 13.2 Å². The topological polar surface area (TPSA) is 212 Å². The van der Waals surface area contributed by atoms with Crippen molar-refractivity contribution in [2.45, 2.75) is 210 Å². The largest absolute Gasteiger partial charge is 0.397 e. The first kappa shape index (κ1) is 55.8. The van der Waals surface area contributed by atoms with Gasteiger partial charge in [0.25, 0.3) is 0 Å². The SMILES string of the molecule is CCCCC/C=C\C=C/CCCCCCCC(O)C(=O)NC(COC1OC(CO)C(O)C(OS(=O)(=O)O)C1O)C(O)/C=C/CC/C=C/CC/C=C/CCCCCCCCC. The van der Waals surface area contributed by atoms with Crippen LogP contribution in [0.1, 0.15) is 162 Å². The molecule has 0 aromatic heterocycles. The molecule has 60 heavy (non-hydrogen) atoms. The number of hydrogen-bond acceptors (Lipinski definition) is 11. The first-order valence-electron chi connectivity index (χ1n) is 22.8. The molecule has 13 nitrogen and oxygen atoms in total. The highest BCUT2D eigenvalue weighted by molar-refractivity contribution is 7.80. The fourth-order valence-corrected chi connectivity index (χ4v) is 7.22. The van der Waals surface area contributed by atoms with Gasteiger partial charge in [0, 0.05) is 0 Å². The van der Waals surface area contributed by atoms with Gasteiger partial charge in [0.05, 0.1) is 25.4 Å². The average molecular weight is 872 g/mol. The maximum absolute atomic E-state index is 13.1. The Kier molecular flexibility index (Phi) is 33.7. The summed E-state index contributed by atoms with van der Waals surface area (Å²) in [6, 6.07) is -1.15. The summed E-state index contributed by atoms with van der Waals surface area (Å²) in [5.74, 6) is -0.732. The number of aliphatic hydroxyl groups excluding tert-OH is 5. The third-order valence-electron chi connectivity index (χ3n) is 10.4. The maximum Gasteiger partial charge on any atom is 0.397 e. The van der Waals surface area contributed by atoms with Crippen LogP contribution in [0.25, 0.3) is 0 Å². The third-order valence-corrected chi connectivity index (χ3v) is 10.8. The van der Waals surface area contributed by atoms with Crippen LogP contribution in [0, 0.1) is 0 Å². The van der Waals surface area contributed by atoms with E-state index in [1.165, 1.54) is 70.3 Å². The summed E-state index contributed by atoms with van der Waals surface area (Å²) in [6.45, 7) is 3.13. The lowest BCUT2D eigenvalue weighted by Gasteiger charge is -2.41. The maximum atomic E-state index is 13.1. The monoisotopic (exact) mass is 872 g/mol. The molecular formula is C46H81NO12S. The van der Waals surface area contributed by atoms with E-state index in [1.807, 2.05) is 0 Å². The standard InChI is InChI=1S/C46H81NO12S/c1-3-5-7-9-11-13-15-17-19-20-21-23-24-26-28-30-32-34-39(49)38(37-57-46-43(52)44(59-60(54,55)56)42(51)41(36-48)58-46)47-45(53)40(50)35-33-31-29-27-25-22-18-16-14-12-10-8-6-4-2/h12,14,16,18-20,24,26,32,34,38-44,46,48-52H,3-11,13,15,17,21-23,25,27-31,33,35-37H2,1-2H3,(H,47,53)(H,54,55,56)/b14-12-,18-16-,20-19+,26-24+,34-32+. The number of unbranched alkanes of at least 4 members (excludes halogenated alkanes) is 17. The van der Waals surface area contributed by atoms with Crippen molar-refractivity contribution in [3.05, 3.63) is 60.8 Å². The van der Waals surface area contributed by atoms with Crippen LogP contribution in [0.3, 0.4) is 0 Å². The van der Waals surface area contributed by atoms with Crippen molar-refractivity contribution in [3.8, 4) is 0 Å². The number of carbonyl (C=O) groups is 1. The minimum atomic E-state index is -5.13. The molecule has 0 aromatic carbocycles. The molecule has 14 heteroatoms. The van der Waals surface area contributed by atoms with E-state index in [0.717, 1.165) is 64.2 Å². The lowest BCUT2D eigenvalue weighted by atomic mass is 9.99. The quantitative estimate of drug-likeness (QED) is 0.0139. The molecule has 7 N–H and O–H groups in total. The van der Waals surface area contributed by atoms with Gasteiger partial charge in [-0.05, 0) is 70.6 Å². The van der Waals surface area contributed by atoms with Crippen LogP contribution < -0.4 is 5.32 Å². The van der Waals surface area contributed by atoms with Crippen molar-refractivity contribution in [1.29, 1.82) is 0 Å². The highest BCUT2D eigenvalue weighted by Crippen LogP contribution is 2.26. The van der Waals surface area contributed by atoms with E-state index in [2.05, 4.69) is 72.0 Å². The van der Waals surface area contributed by atoms with Crippen LogP contribution in [0.5, 0.6) is 0 Å². The highest BCUT2D eigenvalue weighted by atomic mass is 32.3. The van der Waals surface area contributed by atoms with Crippen LogP contribution in [0.4, 0.5) is 0 Å². The minimum Gasteiger partial charge on any atom is -0.394 e. The van der Waals surface area contributed by atoms with E-state index in [-0.39, 0.29) is 6.42 Å². The molecule has 0 spiro atoms. The van der Waals surface area contributed by atoms with E-state index in [1.54, 1.807) is 6.08 Å². The lowest BCUT2D eigenvalue weighted by molar-refractivity contribution is -0.298. The van der Waals surface area contributed by atoms with Crippen molar-refractivity contribution in [3.63, 3.8) is 0 Å². The zero-order valence-corrected chi connectivity index (χ0v) is 37.4.